The lowest BCUT2D eigenvalue weighted by Crippen LogP contribution is -2.34. The number of nitrogens with two attached hydrogens (primary N) is 2. The van der Waals surface area contributed by atoms with Gasteiger partial charge in [-0.3, -0.25) is 9.59 Å². The number of hydrogen-bond acceptors (Lipinski definition) is 3. The van der Waals surface area contributed by atoms with Crippen LogP contribution in [0, 0.1) is 11.8 Å². The van der Waals surface area contributed by atoms with E-state index in [4.69, 9.17) is 11.5 Å². The van der Waals surface area contributed by atoms with Gasteiger partial charge in [-0.05, 0) is 43.6 Å². The molecule has 5 N–H and O–H groups in total. The fourth-order valence-electron chi connectivity index (χ4n) is 3.17. The van der Waals surface area contributed by atoms with E-state index in [1.54, 1.807) is 0 Å². The molecule has 2 amide bonds. The molecule has 0 fully saturated rings. The highest BCUT2D eigenvalue weighted by atomic mass is 16.3. The highest BCUT2D eigenvalue weighted by Crippen LogP contribution is 2.28. The molecule has 0 bridgehead atoms. The number of aliphatic hydroxyl groups is 1. The molecule has 0 saturated carbocycles. The average molecular weight is 334 g/mol. The van der Waals surface area contributed by atoms with Crippen molar-refractivity contribution in [2.45, 2.75) is 58.0 Å². The molecule has 5 nitrogen and oxygen atoms in total. The molecule has 3 atom stereocenters. The molecule has 0 aromatic heterocycles. The van der Waals surface area contributed by atoms with Gasteiger partial charge in [-0.1, -0.05) is 43.7 Å². The summed E-state index contributed by atoms with van der Waals surface area (Å²) in [4.78, 5) is 22.9. The zero-order valence-electron chi connectivity index (χ0n) is 14.5. The summed E-state index contributed by atoms with van der Waals surface area (Å²) in [7, 11) is 0. The summed E-state index contributed by atoms with van der Waals surface area (Å²) >= 11 is 0. The van der Waals surface area contributed by atoms with Crippen molar-refractivity contribution in [2.75, 3.05) is 0 Å². The highest BCUT2D eigenvalue weighted by Gasteiger charge is 2.28. The van der Waals surface area contributed by atoms with E-state index in [0.717, 1.165) is 24.8 Å². The van der Waals surface area contributed by atoms with Gasteiger partial charge in [0, 0.05) is 12.3 Å². The van der Waals surface area contributed by atoms with Crippen LogP contribution in [0.25, 0.3) is 0 Å². The SMILES string of the molecule is CCCC(CCC(N)=O)[C@H](C[C@@H](O)CCc1ccccc1)C(N)=O. The smallest absolute Gasteiger partial charge is 0.220 e. The molecule has 0 aliphatic carbocycles. The summed E-state index contributed by atoms with van der Waals surface area (Å²) in [6.45, 7) is 2.03. The zero-order chi connectivity index (χ0) is 17.9. The summed E-state index contributed by atoms with van der Waals surface area (Å²) in [5, 5.41) is 10.3. The second-order valence-corrected chi connectivity index (χ2v) is 6.48. The Bertz CT molecular complexity index is 505. The van der Waals surface area contributed by atoms with Crippen LogP contribution < -0.4 is 11.5 Å². The fourth-order valence-corrected chi connectivity index (χ4v) is 3.17. The monoisotopic (exact) mass is 334 g/mol. The Labute approximate surface area is 144 Å². The van der Waals surface area contributed by atoms with E-state index in [0.29, 0.717) is 19.3 Å². The first-order valence-corrected chi connectivity index (χ1v) is 8.73. The summed E-state index contributed by atoms with van der Waals surface area (Å²) in [6.07, 6.45) is 3.58. The Kier molecular flexibility index (Phi) is 9.08. The van der Waals surface area contributed by atoms with Crippen molar-refractivity contribution in [1.29, 1.82) is 0 Å². The third-order valence-electron chi connectivity index (χ3n) is 4.49. The minimum atomic E-state index is -0.587. The maximum atomic E-state index is 11.9. The number of rotatable bonds is 12. The number of hydrogen-bond donors (Lipinski definition) is 3. The van der Waals surface area contributed by atoms with E-state index in [9.17, 15) is 14.7 Å². The minimum absolute atomic E-state index is 0.00799. The lowest BCUT2D eigenvalue weighted by atomic mass is 9.80. The van der Waals surface area contributed by atoms with E-state index in [1.807, 2.05) is 37.3 Å². The maximum Gasteiger partial charge on any atom is 0.220 e. The number of benzene rings is 1. The third kappa shape index (κ3) is 7.59. The normalized spacial score (nSPS) is 14.8. The Hall–Kier alpha value is -1.88. The van der Waals surface area contributed by atoms with Gasteiger partial charge in [0.15, 0.2) is 0 Å². The third-order valence-corrected chi connectivity index (χ3v) is 4.49. The average Bonchev–Trinajstić information content (AvgIpc) is 2.55. The van der Waals surface area contributed by atoms with Gasteiger partial charge in [0.1, 0.15) is 0 Å². The standard InChI is InChI=1S/C19H30N2O3/c1-2-6-15(10-12-18(20)23)17(19(21)24)13-16(22)11-9-14-7-4-3-5-8-14/h3-5,7-8,15-17,22H,2,6,9-13H2,1H3,(H2,20,23)(H2,21,24)/t15?,16-,17-/m0/s1. The molecule has 0 radical (unpaired) electrons. The van der Waals surface area contributed by atoms with Crippen LogP contribution in [0.1, 0.15) is 51.0 Å². The van der Waals surface area contributed by atoms with Crippen molar-refractivity contribution in [3.8, 4) is 0 Å². The largest absolute Gasteiger partial charge is 0.393 e. The summed E-state index contributed by atoms with van der Waals surface area (Å²) in [5.74, 6) is -1.21. The Morgan fingerprint density at radius 1 is 1.08 bits per heavy atom. The molecule has 0 aliphatic heterocycles. The van der Waals surface area contributed by atoms with Gasteiger partial charge in [-0.25, -0.2) is 0 Å². The van der Waals surface area contributed by atoms with Gasteiger partial charge < -0.3 is 16.6 Å². The molecule has 0 saturated heterocycles. The summed E-state index contributed by atoms with van der Waals surface area (Å²) in [6, 6.07) is 9.93. The maximum absolute atomic E-state index is 11.9. The van der Waals surface area contributed by atoms with Crippen molar-refractivity contribution in [3.05, 3.63) is 35.9 Å². The summed E-state index contributed by atoms with van der Waals surface area (Å²) in [5.41, 5.74) is 11.9. The van der Waals surface area contributed by atoms with Crippen LogP contribution in [-0.4, -0.2) is 23.0 Å². The zero-order valence-corrected chi connectivity index (χ0v) is 14.5. The Morgan fingerprint density at radius 3 is 2.29 bits per heavy atom. The second-order valence-electron chi connectivity index (χ2n) is 6.48. The topological polar surface area (TPSA) is 106 Å². The van der Waals surface area contributed by atoms with Crippen molar-refractivity contribution in [1.82, 2.24) is 0 Å². The molecule has 1 aromatic rings. The highest BCUT2D eigenvalue weighted by molar-refractivity contribution is 5.77. The molecule has 24 heavy (non-hydrogen) atoms. The summed E-state index contributed by atoms with van der Waals surface area (Å²) < 4.78 is 0. The number of carbonyl (C=O) groups is 2. The molecular formula is C19H30N2O3. The van der Waals surface area contributed by atoms with Gasteiger partial charge in [-0.2, -0.15) is 0 Å². The predicted octanol–water partition coefficient (Wildman–Crippen LogP) is 2.15. The van der Waals surface area contributed by atoms with Gasteiger partial charge in [0.05, 0.1) is 6.10 Å². The van der Waals surface area contributed by atoms with Crippen LogP contribution >= 0.6 is 0 Å². The first-order chi connectivity index (χ1) is 11.4. The number of aryl methyl sites for hydroxylation is 1. The molecule has 1 unspecified atom stereocenters. The van der Waals surface area contributed by atoms with E-state index >= 15 is 0 Å². The van der Waals surface area contributed by atoms with Crippen LogP contribution in [0.4, 0.5) is 0 Å². The first kappa shape index (κ1) is 20.2. The van der Waals surface area contributed by atoms with Crippen LogP contribution in [0.3, 0.4) is 0 Å². The quantitative estimate of drug-likeness (QED) is 0.545. The number of amides is 2. The van der Waals surface area contributed by atoms with Gasteiger partial charge >= 0.3 is 0 Å². The van der Waals surface area contributed by atoms with Crippen LogP contribution in [-0.2, 0) is 16.0 Å². The van der Waals surface area contributed by atoms with Crippen molar-refractivity contribution in [2.24, 2.45) is 23.3 Å². The number of carbonyl (C=O) groups excluding carboxylic acids is 2. The van der Waals surface area contributed by atoms with Crippen LogP contribution in [0.5, 0.6) is 0 Å². The van der Waals surface area contributed by atoms with Gasteiger partial charge in [0.2, 0.25) is 11.8 Å². The molecule has 0 spiro atoms. The van der Waals surface area contributed by atoms with Crippen LogP contribution in [0.15, 0.2) is 30.3 Å². The Morgan fingerprint density at radius 2 is 1.75 bits per heavy atom. The molecule has 1 rings (SSSR count). The second kappa shape index (κ2) is 10.8. The first-order valence-electron chi connectivity index (χ1n) is 8.73. The van der Waals surface area contributed by atoms with E-state index < -0.39 is 17.9 Å². The van der Waals surface area contributed by atoms with Crippen LogP contribution in [0.2, 0.25) is 0 Å². The van der Waals surface area contributed by atoms with Crippen molar-refractivity contribution >= 4 is 11.8 Å². The fraction of sp³-hybridized carbons (Fsp3) is 0.579. The minimum Gasteiger partial charge on any atom is -0.393 e. The molecule has 0 aliphatic rings. The molecule has 5 heteroatoms. The van der Waals surface area contributed by atoms with Gasteiger partial charge in [-0.15, -0.1) is 0 Å². The van der Waals surface area contributed by atoms with Crippen molar-refractivity contribution in [3.63, 3.8) is 0 Å². The predicted molar refractivity (Wildman–Crippen MR) is 94.9 cm³/mol. The van der Waals surface area contributed by atoms with E-state index in [1.165, 1.54) is 0 Å². The molecular weight excluding hydrogens is 304 g/mol. The molecule has 134 valence electrons. The van der Waals surface area contributed by atoms with E-state index in [-0.39, 0.29) is 18.2 Å². The number of aliphatic hydroxyl groups excluding tert-OH is 1. The lowest BCUT2D eigenvalue weighted by molar-refractivity contribution is -0.126. The van der Waals surface area contributed by atoms with Gasteiger partial charge in [0.25, 0.3) is 0 Å². The molecule has 0 heterocycles. The molecule has 1 aromatic carbocycles. The number of primary amides is 2. The van der Waals surface area contributed by atoms with Crippen molar-refractivity contribution < 1.29 is 14.7 Å². The lowest BCUT2D eigenvalue weighted by Gasteiger charge is -2.26. The van der Waals surface area contributed by atoms with E-state index in [2.05, 4.69) is 0 Å². The Balaban J connectivity index is 2.61.